The van der Waals surface area contributed by atoms with Crippen molar-refractivity contribution in [2.24, 2.45) is 7.05 Å². The van der Waals surface area contributed by atoms with Gasteiger partial charge in [-0.1, -0.05) is 17.7 Å². The van der Waals surface area contributed by atoms with E-state index in [1.54, 1.807) is 0 Å². The van der Waals surface area contributed by atoms with E-state index in [0.717, 1.165) is 22.5 Å². The number of aromatic nitrogens is 2. The lowest BCUT2D eigenvalue weighted by Gasteiger charge is -2.06. The van der Waals surface area contributed by atoms with Gasteiger partial charge in [-0.05, 0) is 31.2 Å². The van der Waals surface area contributed by atoms with Crippen LogP contribution in [0.3, 0.4) is 0 Å². The average Bonchev–Trinajstić information content (AvgIpc) is 2.74. The molecule has 3 heteroatoms. The molecule has 2 aromatic carbocycles. The van der Waals surface area contributed by atoms with Crippen molar-refractivity contribution < 1.29 is 4.74 Å². The molecule has 1 radical (unpaired) electrons. The average molecular weight is 237 g/mol. The van der Waals surface area contributed by atoms with Crippen molar-refractivity contribution in [2.45, 2.75) is 6.92 Å². The van der Waals surface area contributed by atoms with Crippen LogP contribution in [0.1, 0.15) is 5.56 Å². The van der Waals surface area contributed by atoms with Crippen LogP contribution >= 0.6 is 0 Å². The minimum absolute atomic E-state index is 0.809. The van der Waals surface area contributed by atoms with Gasteiger partial charge in [0.25, 0.3) is 0 Å². The van der Waals surface area contributed by atoms with Gasteiger partial charge in [0, 0.05) is 13.1 Å². The van der Waals surface area contributed by atoms with E-state index in [4.69, 9.17) is 4.74 Å². The van der Waals surface area contributed by atoms with Crippen molar-refractivity contribution in [1.29, 1.82) is 0 Å². The number of imidazole rings is 1. The first-order valence-electron chi connectivity index (χ1n) is 5.81. The maximum atomic E-state index is 5.81. The molecule has 1 aromatic heterocycles. The molecule has 0 aliphatic heterocycles. The third-order valence-electron chi connectivity index (χ3n) is 2.89. The summed E-state index contributed by atoms with van der Waals surface area (Å²) in [6.45, 7) is 2.06. The zero-order valence-electron chi connectivity index (χ0n) is 10.3. The number of ether oxygens (including phenoxy) is 1. The summed E-state index contributed by atoms with van der Waals surface area (Å²) >= 11 is 0. The summed E-state index contributed by atoms with van der Waals surface area (Å²) in [6, 6.07) is 13.8. The minimum atomic E-state index is 0.809. The molecule has 0 unspecified atom stereocenters. The Morgan fingerprint density at radius 1 is 1.06 bits per heavy atom. The number of aryl methyl sites for hydroxylation is 2. The summed E-state index contributed by atoms with van der Waals surface area (Å²) in [4.78, 5) is 4.16. The van der Waals surface area contributed by atoms with Gasteiger partial charge in [0.2, 0.25) is 0 Å². The molecule has 0 amide bonds. The normalized spacial score (nSPS) is 10.8. The highest BCUT2D eigenvalue weighted by Gasteiger charge is 2.03. The molecule has 0 N–H and O–H groups in total. The summed E-state index contributed by atoms with van der Waals surface area (Å²) in [5, 5.41) is 0. The van der Waals surface area contributed by atoms with E-state index in [0.29, 0.717) is 0 Å². The first-order chi connectivity index (χ1) is 8.72. The van der Waals surface area contributed by atoms with Gasteiger partial charge in [0.05, 0.1) is 11.0 Å². The van der Waals surface area contributed by atoms with Crippen LogP contribution in [0.25, 0.3) is 11.0 Å². The third kappa shape index (κ3) is 1.95. The van der Waals surface area contributed by atoms with Gasteiger partial charge in [0.1, 0.15) is 11.5 Å². The Morgan fingerprint density at radius 2 is 1.78 bits per heavy atom. The molecule has 1 heterocycles. The molecule has 3 nitrogen and oxygen atoms in total. The van der Waals surface area contributed by atoms with E-state index >= 15 is 0 Å². The van der Waals surface area contributed by atoms with Crippen molar-refractivity contribution in [3.8, 4) is 11.5 Å². The third-order valence-corrected chi connectivity index (χ3v) is 2.89. The van der Waals surface area contributed by atoms with Crippen LogP contribution in [0.5, 0.6) is 11.5 Å². The van der Waals surface area contributed by atoms with Crippen LogP contribution in [0.4, 0.5) is 0 Å². The Kier molecular flexibility index (Phi) is 2.52. The zero-order chi connectivity index (χ0) is 12.5. The standard InChI is InChI=1S/C15H13N2O/c1-11-3-5-12(6-4-11)18-13-7-8-14-15(9-13)17(2)10-16-14/h3-9H,1-2H3. The molecule has 0 aliphatic carbocycles. The van der Waals surface area contributed by atoms with Crippen molar-refractivity contribution in [3.05, 3.63) is 54.4 Å². The van der Waals surface area contributed by atoms with Gasteiger partial charge in [-0.25, -0.2) is 4.98 Å². The van der Waals surface area contributed by atoms with Gasteiger partial charge in [-0.3, -0.25) is 0 Å². The van der Waals surface area contributed by atoms with E-state index in [1.165, 1.54) is 5.56 Å². The van der Waals surface area contributed by atoms with Gasteiger partial charge in [0.15, 0.2) is 6.33 Å². The van der Waals surface area contributed by atoms with Gasteiger partial charge in [-0.2, -0.15) is 0 Å². The number of hydrogen-bond donors (Lipinski definition) is 0. The Bertz CT molecular complexity index is 683. The van der Waals surface area contributed by atoms with E-state index < -0.39 is 0 Å². The van der Waals surface area contributed by atoms with Gasteiger partial charge < -0.3 is 9.30 Å². The molecular formula is C15H13N2O. The second-order valence-corrected chi connectivity index (χ2v) is 4.34. The van der Waals surface area contributed by atoms with Crippen LogP contribution in [0.15, 0.2) is 42.5 Å². The SMILES string of the molecule is Cc1ccc(Oc2ccc3n[c]n(C)c3c2)cc1. The van der Waals surface area contributed by atoms with Gasteiger partial charge in [-0.15, -0.1) is 0 Å². The highest BCUT2D eigenvalue weighted by atomic mass is 16.5. The van der Waals surface area contributed by atoms with Crippen molar-refractivity contribution in [2.75, 3.05) is 0 Å². The molecular weight excluding hydrogens is 224 g/mol. The van der Waals surface area contributed by atoms with Crippen LogP contribution in [-0.2, 0) is 7.05 Å². The van der Waals surface area contributed by atoms with Gasteiger partial charge >= 0.3 is 0 Å². The van der Waals surface area contributed by atoms with Crippen LogP contribution < -0.4 is 4.74 Å². The van der Waals surface area contributed by atoms with Crippen molar-refractivity contribution >= 4 is 11.0 Å². The molecule has 18 heavy (non-hydrogen) atoms. The van der Waals surface area contributed by atoms with Crippen molar-refractivity contribution in [3.63, 3.8) is 0 Å². The topological polar surface area (TPSA) is 27.1 Å². The monoisotopic (exact) mass is 237 g/mol. The maximum absolute atomic E-state index is 5.81. The first kappa shape index (κ1) is 10.8. The van der Waals surface area contributed by atoms with E-state index in [9.17, 15) is 0 Å². The number of fused-ring (bicyclic) bond motifs is 1. The van der Waals surface area contributed by atoms with Crippen LogP contribution in [0.2, 0.25) is 0 Å². The van der Waals surface area contributed by atoms with E-state index in [2.05, 4.69) is 18.2 Å². The Hall–Kier alpha value is -2.29. The fourth-order valence-electron chi connectivity index (χ4n) is 1.86. The molecule has 0 saturated carbocycles. The molecule has 0 aliphatic rings. The molecule has 3 aromatic rings. The number of nitrogens with zero attached hydrogens (tertiary/aromatic N) is 2. The summed E-state index contributed by atoms with van der Waals surface area (Å²) in [5.74, 6) is 1.65. The molecule has 0 spiro atoms. The summed E-state index contributed by atoms with van der Waals surface area (Å²) in [6.07, 6.45) is 2.89. The summed E-state index contributed by atoms with van der Waals surface area (Å²) in [7, 11) is 1.92. The number of hydrogen-bond acceptors (Lipinski definition) is 2. The fourth-order valence-corrected chi connectivity index (χ4v) is 1.86. The molecule has 89 valence electrons. The molecule has 3 rings (SSSR count). The summed E-state index contributed by atoms with van der Waals surface area (Å²) in [5.41, 5.74) is 3.16. The Balaban J connectivity index is 1.94. The van der Waals surface area contributed by atoms with E-state index in [1.807, 2.05) is 54.1 Å². The highest BCUT2D eigenvalue weighted by molar-refractivity contribution is 5.76. The van der Waals surface area contributed by atoms with Crippen LogP contribution in [0, 0.1) is 13.3 Å². The zero-order valence-corrected chi connectivity index (χ0v) is 10.3. The molecule has 0 atom stereocenters. The second-order valence-electron chi connectivity index (χ2n) is 4.34. The molecule has 0 bridgehead atoms. The fraction of sp³-hybridized carbons (Fsp3) is 0.133. The predicted molar refractivity (Wildman–Crippen MR) is 70.8 cm³/mol. The quantitative estimate of drug-likeness (QED) is 0.682. The lowest BCUT2D eigenvalue weighted by Crippen LogP contribution is -1.87. The number of benzene rings is 2. The Labute approximate surface area is 106 Å². The smallest absolute Gasteiger partial charge is 0.177 e. The highest BCUT2D eigenvalue weighted by Crippen LogP contribution is 2.25. The molecule has 0 saturated heterocycles. The maximum Gasteiger partial charge on any atom is 0.177 e. The largest absolute Gasteiger partial charge is 0.457 e. The minimum Gasteiger partial charge on any atom is -0.457 e. The number of rotatable bonds is 2. The predicted octanol–water partition coefficient (Wildman–Crippen LogP) is 3.47. The first-order valence-corrected chi connectivity index (χ1v) is 5.81. The second kappa shape index (κ2) is 4.18. The Morgan fingerprint density at radius 3 is 2.56 bits per heavy atom. The van der Waals surface area contributed by atoms with Crippen LogP contribution in [-0.4, -0.2) is 9.55 Å². The lowest BCUT2D eigenvalue weighted by molar-refractivity contribution is 0.483. The molecule has 0 fully saturated rings. The van der Waals surface area contributed by atoms with E-state index in [-0.39, 0.29) is 0 Å². The summed E-state index contributed by atoms with van der Waals surface area (Å²) < 4.78 is 7.67. The lowest BCUT2D eigenvalue weighted by atomic mass is 10.2. The van der Waals surface area contributed by atoms with Crippen molar-refractivity contribution in [1.82, 2.24) is 9.55 Å².